The second kappa shape index (κ2) is 6.32. The molecular weight excluding hydrogens is 256 g/mol. The molecule has 0 amide bonds. The summed E-state index contributed by atoms with van der Waals surface area (Å²) in [5.74, 6) is -0.152. The van der Waals surface area contributed by atoms with Crippen LogP contribution in [-0.4, -0.2) is 18.9 Å². The van der Waals surface area contributed by atoms with Crippen molar-refractivity contribution in [3.05, 3.63) is 36.4 Å². The van der Waals surface area contributed by atoms with Crippen LogP contribution < -0.4 is 4.74 Å². The fourth-order valence-corrected chi connectivity index (χ4v) is 1.71. The number of rotatable bonds is 5. The van der Waals surface area contributed by atoms with Crippen LogP contribution >= 0.6 is 0 Å². The summed E-state index contributed by atoms with van der Waals surface area (Å²) in [6, 6.07) is 4.97. The number of hydrogen-bond acceptors (Lipinski definition) is 4. The van der Waals surface area contributed by atoms with Gasteiger partial charge in [-0.2, -0.15) is 8.42 Å². The first kappa shape index (κ1) is 14.4. The van der Waals surface area contributed by atoms with Gasteiger partial charge in [-0.25, -0.2) is 0 Å². The first-order chi connectivity index (χ1) is 8.43. The lowest BCUT2D eigenvalue weighted by Crippen LogP contribution is -2.07. The average Bonchev–Trinajstić information content (AvgIpc) is 2.29. The van der Waals surface area contributed by atoms with Gasteiger partial charge in [-0.05, 0) is 37.6 Å². The second-order valence-corrected chi connectivity index (χ2v) is 4.95. The first-order valence-electron chi connectivity index (χ1n) is 5.33. The Hall–Kier alpha value is -1.66. The van der Waals surface area contributed by atoms with Crippen molar-refractivity contribution in [2.45, 2.75) is 24.7 Å². The van der Waals surface area contributed by atoms with Gasteiger partial charge in [0.05, 0.1) is 4.90 Å². The average molecular weight is 270 g/mol. The Morgan fingerprint density at radius 1 is 1.33 bits per heavy atom. The highest BCUT2D eigenvalue weighted by Crippen LogP contribution is 2.16. The molecule has 1 rings (SSSR count). The van der Waals surface area contributed by atoms with E-state index in [1.807, 2.05) is 19.1 Å². The number of esters is 1. The van der Waals surface area contributed by atoms with Gasteiger partial charge in [0.15, 0.2) is 0 Å². The van der Waals surface area contributed by atoms with Crippen molar-refractivity contribution < 1.29 is 22.5 Å². The summed E-state index contributed by atoms with van der Waals surface area (Å²) in [4.78, 5) is 11.1. The summed E-state index contributed by atoms with van der Waals surface area (Å²) in [6.45, 7) is 1.86. The molecule has 0 atom stereocenters. The van der Waals surface area contributed by atoms with Crippen LogP contribution in [0, 0.1) is 0 Å². The summed E-state index contributed by atoms with van der Waals surface area (Å²) in [5.41, 5.74) is 0. The third kappa shape index (κ3) is 4.68. The van der Waals surface area contributed by atoms with Crippen LogP contribution in [0.5, 0.6) is 5.75 Å². The standard InChI is InChI=1S/C12H14O5S/c1-2-3-4-5-12(13)17-10-6-8-11(9-7-10)18(14,15)16/h2-3,6-9H,4-5H2,1H3,(H,14,15,16). The van der Waals surface area contributed by atoms with Gasteiger partial charge >= 0.3 is 5.97 Å². The minimum Gasteiger partial charge on any atom is -0.427 e. The van der Waals surface area contributed by atoms with E-state index in [4.69, 9.17) is 9.29 Å². The van der Waals surface area contributed by atoms with Gasteiger partial charge in [0.2, 0.25) is 0 Å². The van der Waals surface area contributed by atoms with Crippen molar-refractivity contribution in [3.63, 3.8) is 0 Å². The largest absolute Gasteiger partial charge is 0.427 e. The van der Waals surface area contributed by atoms with Crippen LogP contribution in [0.1, 0.15) is 19.8 Å². The van der Waals surface area contributed by atoms with Gasteiger partial charge in [-0.15, -0.1) is 0 Å². The molecule has 0 saturated heterocycles. The Bertz CT molecular complexity index is 528. The summed E-state index contributed by atoms with van der Waals surface area (Å²) in [7, 11) is -4.22. The van der Waals surface area contributed by atoms with E-state index >= 15 is 0 Å². The lowest BCUT2D eigenvalue weighted by molar-refractivity contribution is -0.134. The normalized spacial score (nSPS) is 11.7. The van der Waals surface area contributed by atoms with E-state index in [0.717, 1.165) is 0 Å². The van der Waals surface area contributed by atoms with E-state index in [-0.39, 0.29) is 17.1 Å². The SMILES string of the molecule is CC=CCCC(=O)Oc1ccc(S(=O)(=O)O)cc1. The number of hydrogen-bond donors (Lipinski definition) is 1. The Morgan fingerprint density at radius 3 is 2.44 bits per heavy atom. The van der Waals surface area contributed by atoms with E-state index in [1.54, 1.807) is 0 Å². The number of carbonyl (C=O) groups is 1. The monoisotopic (exact) mass is 270 g/mol. The quantitative estimate of drug-likeness (QED) is 0.384. The lowest BCUT2D eigenvalue weighted by Gasteiger charge is -2.03. The maximum Gasteiger partial charge on any atom is 0.311 e. The molecule has 0 aromatic heterocycles. The van der Waals surface area contributed by atoms with Gasteiger partial charge in [0.1, 0.15) is 5.75 Å². The zero-order valence-electron chi connectivity index (χ0n) is 9.87. The van der Waals surface area contributed by atoms with E-state index in [2.05, 4.69) is 0 Å². The summed E-state index contributed by atoms with van der Waals surface area (Å²) >= 11 is 0. The predicted molar refractivity (Wildman–Crippen MR) is 65.9 cm³/mol. The second-order valence-electron chi connectivity index (χ2n) is 3.53. The highest BCUT2D eigenvalue weighted by Gasteiger charge is 2.10. The molecule has 0 aliphatic carbocycles. The molecule has 0 saturated carbocycles. The topological polar surface area (TPSA) is 80.7 Å². The number of carbonyl (C=O) groups excluding carboxylic acids is 1. The molecule has 0 fully saturated rings. The molecule has 18 heavy (non-hydrogen) atoms. The van der Waals surface area contributed by atoms with Crippen LogP contribution in [0.25, 0.3) is 0 Å². The summed E-state index contributed by atoms with van der Waals surface area (Å²) in [6.07, 6.45) is 4.54. The fraction of sp³-hybridized carbons (Fsp3) is 0.250. The Labute approximate surface area is 106 Å². The minimum absolute atomic E-state index is 0.240. The van der Waals surface area contributed by atoms with Crippen LogP contribution in [0.4, 0.5) is 0 Å². The summed E-state index contributed by atoms with van der Waals surface area (Å²) < 4.78 is 35.3. The number of benzene rings is 1. The Balaban J connectivity index is 2.61. The third-order valence-electron chi connectivity index (χ3n) is 2.10. The minimum atomic E-state index is -4.22. The number of ether oxygens (including phenoxy) is 1. The van der Waals surface area contributed by atoms with Gasteiger partial charge in [-0.3, -0.25) is 9.35 Å². The van der Waals surface area contributed by atoms with Crippen molar-refractivity contribution in [1.82, 2.24) is 0 Å². The molecule has 0 bridgehead atoms. The van der Waals surface area contributed by atoms with Gasteiger partial charge in [0.25, 0.3) is 10.1 Å². The Morgan fingerprint density at radius 2 is 1.94 bits per heavy atom. The van der Waals surface area contributed by atoms with Crippen molar-refractivity contribution in [3.8, 4) is 5.75 Å². The van der Waals surface area contributed by atoms with Crippen molar-refractivity contribution in [2.24, 2.45) is 0 Å². The van der Waals surface area contributed by atoms with E-state index in [1.165, 1.54) is 24.3 Å². The maximum atomic E-state index is 11.3. The van der Waals surface area contributed by atoms with Crippen LogP contribution in [0.15, 0.2) is 41.3 Å². The van der Waals surface area contributed by atoms with Gasteiger partial charge < -0.3 is 4.74 Å². The maximum absolute atomic E-state index is 11.3. The first-order valence-corrected chi connectivity index (χ1v) is 6.77. The number of allylic oxidation sites excluding steroid dienone is 2. The molecule has 0 aliphatic rings. The molecule has 1 aromatic rings. The van der Waals surface area contributed by atoms with Crippen LogP contribution in [0.3, 0.4) is 0 Å². The summed E-state index contributed by atoms with van der Waals surface area (Å²) in [5, 5.41) is 0. The predicted octanol–water partition coefficient (Wildman–Crippen LogP) is 2.20. The van der Waals surface area contributed by atoms with E-state index in [9.17, 15) is 13.2 Å². The molecule has 0 radical (unpaired) electrons. The van der Waals surface area contributed by atoms with Crippen LogP contribution in [0.2, 0.25) is 0 Å². The fourth-order valence-electron chi connectivity index (χ4n) is 1.23. The molecule has 0 unspecified atom stereocenters. The zero-order valence-corrected chi connectivity index (χ0v) is 10.7. The lowest BCUT2D eigenvalue weighted by atomic mass is 10.3. The molecule has 1 aromatic carbocycles. The van der Waals surface area contributed by atoms with E-state index < -0.39 is 16.1 Å². The molecular formula is C12H14O5S. The van der Waals surface area contributed by atoms with Gasteiger partial charge in [0, 0.05) is 6.42 Å². The smallest absolute Gasteiger partial charge is 0.311 e. The Kier molecular flexibility index (Phi) is 5.06. The molecule has 0 aliphatic heterocycles. The van der Waals surface area contributed by atoms with Crippen LogP contribution in [-0.2, 0) is 14.9 Å². The van der Waals surface area contributed by atoms with E-state index in [0.29, 0.717) is 6.42 Å². The van der Waals surface area contributed by atoms with Crippen molar-refractivity contribution in [1.29, 1.82) is 0 Å². The molecule has 0 spiro atoms. The highest BCUT2D eigenvalue weighted by molar-refractivity contribution is 7.85. The van der Waals surface area contributed by atoms with Crippen molar-refractivity contribution >= 4 is 16.1 Å². The molecule has 0 heterocycles. The molecule has 98 valence electrons. The highest BCUT2D eigenvalue weighted by atomic mass is 32.2. The molecule has 6 heteroatoms. The third-order valence-corrected chi connectivity index (χ3v) is 2.97. The van der Waals surface area contributed by atoms with Crippen molar-refractivity contribution in [2.75, 3.05) is 0 Å². The molecule has 1 N–H and O–H groups in total. The zero-order chi connectivity index (χ0) is 13.6. The molecule has 5 nitrogen and oxygen atoms in total. The van der Waals surface area contributed by atoms with Gasteiger partial charge in [-0.1, -0.05) is 12.2 Å².